The number of anilines is 12. The van der Waals surface area contributed by atoms with Gasteiger partial charge in [-0.05, 0) is 244 Å². The third-order valence-corrected chi connectivity index (χ3v) is 28.9. The van der Waals surface area contributed by atoms with Crippen molar-refractivity contribution in [1.29, 1.82) is 5.26 Å². The lowest BCUT2D eigenvalue weighted by molar-refractivity contribution is 0.667. The molecular weight excluding hydrogens is 1620 g/mol. The summed E-state index contributed by atoms with van der Waals surface area (Å²) in [6.07, 6.45) is 4.00. The molecule has 12 heteroatoms. The predicted molar refractivity (Wildman–Crippen MR) is 540 cm³/mol. The van der Waals surface area contributed by atoms with Crippen LogP contribution in [-0.2, 0) is 0 Å². The quantitative estimate of drug-likeness (QED) is 0.0996. The average molecular weight is 1690 g/mol. The Morgan fingerprint density at radius 3 is 1.35 bits per heavy atom. The van der Waals surface area contributed by atoms with Crippen molar-refractivity contribution >= 4 is 250 Å². The van der Waals surface area contributed by atoms with Gasteiger partial charge in [0.25, 0.3) is 0 Å². The van der Waals surface area contributed by atoms with Gasteiger partial charge in [-0.1, -0.05) is 194 Å². The van der Waals surface area contributed by atoms with Gasteiger partial charge in [-0.3, -0.25) is 4.98 Å². The number of fused-ring (bicyclic) bond motifs is 21. The summed E-state index contributed by atoms with van der Waals surface area (Å²) in [5.74, 6) is 0. The molecule has 0 bridgehead atoms. The lowest BCUT2D eigenvalue weighted by atomic mass is 9.94. The van der Waals surface area contributed by atoms with Crippen LogP contribution in [0.1, 0.15) is 5.56 Å². The Morgan fingerprint density at radius 1 is 0.227 bits per heavy atom. The number of hydrogen-bond acceptors (Lipinski definition) is 12. The molecule has 0 saturated heterocycles. The fourth-order valence-electron chi connectivity index (χ4n) is 19.5. The minimum atomic E-state index is 0.555. The van der Waals surface area contributed by atoms with Gasteiger partial charge in [-0.15, -0.1) is 34.0 Å². The molecule has 0 aliphatic rings. The molecule has 7 heterocycles. The van der Waals surface area contributed by atoms with Gasteiger partial charge in [-0.25, -0.2) is 0 Å². The first-order valence-electron chi connectivity index (χ1n) is 42.8. The number of para-hydroxylation sites is 5. The fourth-order valence-corrected chi connectivity index (χ4v) is 22.9. The molecule has 0 unspecified atom stereocenters. The van der Waals surface area contributed by atoms with E-state index in [2.05, 4.69) is 384 Å². The summed E-state index contributed by atoms with van der Waals surface area (Å²) in [5, 5.41) is 28.5. The van der Waals surface area contributed by atoms with Crippen molar-refractivity contribution in [2.24, 2.45) is 0 Å². The monoisotopic (exact) mass is 1690 g/mol. The summed E-state index contributed by atoms with van der Waals surface area (Å²) in [5.41, 5.74) is 22.5. The maximum atomic E-state index is 10.4. The molecule has 0 fully saturated rings. The Labute approximate surface area is 745 Å². The summed E-state index contributed by atoms with van der Waals surface area (Å²) < 4.78 is 28.8. The summed E-state index contributed by atoms with van der Waals surface area (Å²) in [6.45, 7) is 0. The molecule has 0 aliphatic carbocycles. The Morgan fingerprint density at radius 2 is 0.688 bits per heavy atom. The zero-order valence-electron chi connectivity index (χ0n) is 68.4. The third kappa shape index (κ3) is 12.0. The van der Waals surface area contributed by atoms with E-state index in [1.54, 1.807) is 0 Å². The van der Waals surface area contributed by atoms with Crippen molar-refractivity contribution in [3.8, 4) is 39.4 Å². The molecule has 9 nitrogen and oxygen atoms in total. The first-order chi connectivity index (χ1) is 63.3. The highest BCUT2D eigenvalue weighted by molar-refractivity contribution is 7.27. The first-order valence-corrected chi connectivity index (χ1v) is 45.2. The van der Waals surface area contributed by atoms with Gasteiger partial charge in [0.2, 0.25) is 0 Å². The maximum Gasteiger partial charge on any atom is 0.159 e. The molecule has 26 aromatic rings. The average Bonchev–Trinajstić information content (AvgIpc) is 1.60. The van der Waals surface area contributed by atoms with Crippen LogP contribution in [0.5, 0.6) is 0 Å². The maximum absolute atomic E-state index is 10.4. The minimum absolute atomic E-state index is 0.555. The second kappa shape index (κ2) is 29.4. The van der Waals surface area contributed by atoms with Crippen LogP contribution in [0.25, 0.3) is 181 Å². The van der Waals surface area contributed by atoms with Crippen LogP contribution in [0.2, 0.25) is 0 Å². The molecule has 26 rings (SSSR count). The first kappa shape index (κ1) is 73.2. The number of nitriles is 1. The zero-order chi connectivity index (χ0) is 84.2. The van der Waals surface area contributed by atoms with Crippen LogP contribution in [0.15, 0.2) is 426 Å². The van der Waals surface area contributed by atoms with Crippen LogP contribution in [-0.4, -0.2) is 4.98 Å². The summed E-state index contributed by atoms with van der Waals surface area (Å²) in [4.78, 5) is 14.5. The molecule has 0 radical (unpaired) electrons. The van der Waals surface area contributed by atoms with Gasteiger partial charge in [-0.2, -0.15) is 5.26 Å². The second-order valence-electron chi connectivity index (χ2n) is 32.8. The van der Waals surface area contributed by atoms with Gasteiger partial charge >= 0.3 is 0 Å². The number of furan rings is 3. The number of hydrogen-bond donors (Lipinski definition) is 0. The largest absolute Gasteiger partial charge is 0.456 e. The van der Waals surface area contributed by atoms with E-state index in [9.17, 15) is 5.26 Å². The summed E-state index contributed by atoms with van der Waals surface area (Å²) >= 11 is 5.51. The van der Waals surface area contributed by atoms with E-state index in [-0.39, 0.29) is 0 Å². The lowest BCUT2D eigenvalue weighted by Gasteiger charge is -2.29. The minimum Gasteiger partial charge on any atom is -0.456 e. The Kier molecular flexibility index (Phi) is 16.8. The topological polar surface area (TPSA) is 89.1 Å². The zero-order valence-corrected chi connectivity index (χ0v) is 70.8. The van der Waals surface area contributed by atoms with Crippen LogP contribution in [0.4, 0.5) is 68.2 Å². The van der Waals surface area contributed by atoms with E-state index in [4.69, 9.17) is 18.2 Å². The van der Waals surface area contributed by atoms with Crippen molar-refractivity contribution in [3.05, 3.63) is 418 Å². The highest BCUT2D eigenvalue weighted by Crippen LogP contribution is 2.54. The van der Waals surface area contributed by atoms with Crippen LogP contribution < -0.4 is 19.6 Å². The van der Waals surface area contributed by atoms with Crippen molar-refractivity contribution in [2.75, 3.05) is 19.6 Å². The molecule has 128 heavy (non-hydrogen) atoms. The molecule has 0 aliphatic heterocycles. The van der Waals surface area contributed by atoms with Crippen LogP contribution in [0.3, 0.4) is 0 Å². The van der Waals surface area contributed by atoms with E-state index < -0.39 is 0 Å². The standard InChI is InChI=1S/C116H68N6O3S3/c117-67-70-22-21-33-82(52-70)119(78-25-5-1-6-26-78)85-60-101-96-58-76(41-49-107(96)125-115(101)103(62-85)121(80-29-9-3-10-30-80)83-44-46-90-89-35-17-19-38-105(89)123-108(90)64-83)94-66-102-99-57-75(43-51-111(99)128-116(102)93-37-16-15-34-88(93)94)77-53-87(69-118-68-77)120(79-27-7-2-8-28-79)86-61-100-95-54-73(74-42-50-110-97(56-74)98-55-71-23-13-14-24-72(71)59-112(98)127-110)40-48-106(95)124-114(100)104(63-86)122(81-31-11-4-12-32-81)84-45-47-92-91-36-18-20-39-109(91)126-113(92)65-84/h1-66,68-69H. The normalized spacial score (nSPS) is 11.9. The SMILES string of the molecule is N#Cc1cccc(N(c2ccccc2)c2cc(N(c3ccccc3)c3ccc4c(c3)oc3ccccc34)c3oc4ccc(-c5cc6c7cc(-c8cncc(N(c9ccccc9)c9cc(N(c%10ccccc%10)c%10ccc%11c(c%10)sc%10ccccc%10%11)c%10oc%11ccc(-c%12ccc%13sc%14cc%15ccccc%15cc%14c%13c%12)cc%11c%10c9)c8)ccc7sc6c6ccccc56)cc4c3c2)c1. The molecule has 598 valence electrons. The Bertz CT molecular complexity index is 9100. The Balaban J connectivity index is 0.635. The molecule has 0 N–H and O–H groups in total. The van der Waals surface area contributed by atoms with Crippen molar-refractivity contribution in [1.82, 2.24) is 4.98 Å². The molecule has 0 saturated carbocycles. The van der Waals surface area contributed by atoms with Gasteiger partial charge < -0.3 is 32.9 Å². The smallest absolute Gasteiger partial charge is 0.159 e. The molecule has 0 spiro atoms. The summed E-state index contributed by atoms with van der Waals surface area (Å²) in [7, 11) is 0. The number of benzene rings is 19. The summed E-state index contributed by atoms with van der Waals surface area (Å²) in [6, 6.07) is 146. The highest BCUT2D eigenvalue weighted by Gasteiger charge is 2.30. The van der Waals surface area contributed by atoms with Gasteiger partial charge in [0.15, 0.2) is 11.2 Å². The van der Waals surface area contributed by atoms with Crippen molar-refractivity contribution < 1.29 is 13.3 Å². The lowest BCUT2D eigenvalue weighted by Crippen LogP contribution is -2.13. The number of rotatable bonds is 15. The van der Waals surface area contributed by atoms with Gasteiger partial charge in [0.1, 0.15) is 22.3 Å². The van der Waals surface area contributed by atoms with Crippen molar-refractivity contribution in [2.45, 2.75) is 0 Å². The molecular formula is C116H68N6O3S3. The number of pyridine rings is 1. The van der Waals surface area contributed by atoms with E-state index in [0.29, 0.717) is 11.1 Å². The van der Waals surface area contributed by atoms with E-state index in [1.807, 2.05) is 88.9 Å². The molecule has 19 aromatic carbocycles. The third-order valence-electron chi connectivity index (χ3n) is 25.4. The second-order valence-corrected chi connectivity index (χ2v) is 36.0. The van der Waals surface area contributed by atoms with E-state index in [0.717, 1.165) is 178 Å². The highest BCUT2D eigenvalue weighted by atomic mass is 32.1. The van der Waals surface area contributed by atoms with Gasteiger partial charge in [0.05, 0.1) is 40.6 Å². The fraction of sp³-hybridized carbons (Fsp3) is 0. The molecule has 0 amide bonds. The number of nitrogens with zero attached hydrogens (tertiary/aromatic N) is 6. The van der Waals surface area contributed by atoms with Gasteiger partial charge in [0, 0.05) is 162 Å². The molecule has 7 aromatic heterocycles. The number of aromatic nitrogens is 1. The van der Waals surface area contributed by atoms with Crippen LogP contribution >= 0.6 is 34.0 Å². The van der Waals surface area contributed by atoms with E-state index in [1.165, 1.54) is 65.9 Å². The van der Waals surface area contributed by atoms with E-state index >= 15 is 0 Å². The Hall–Kier alpha value is -16.4. The molecule has 0 atom stereocenters. The van der Waals surface area contributed by atoms with Crippen molar-refractivity contribution in [3.63, 3.8) is 0 Å². The predicted octanol–water partition coefficient (Wildman–Crippen LogP) is 34.9. The number of thiophene rings is 3. The van der Waals surface area contributed by atoms with Crippen LogP contribution in [0, 0.1) is 11.3 Å².